The molecule has 1 aliphatic rings. The van der Waals surface area contributed by atoms with Crippen LogP contribution in [0.4, 0.5) is 4.39 Å². The van der Waals surface area contributed by atoms with E-state index in [-0.39, 0.29) is 23.1 Å². The first-order valence-corrected chi connectivity index (χ1v) is 10.9. The Hall–Kier alpha value is -2.03. The maximum atomic E-state index is 13.2. The van der Waals surface area contributed by atoms with Crippen LogP contribution < -0.4 is 5.32 Å². The molecular formula is C20H20FN3O2S2. The Labute approximate surface area is 170 Å². The Balaban J connectivity index is 1.48. The first-order valence-electron chi connectivity index (χ1n) is 9.16. The smallest absolute Gasteiger partial charge is 0.233 e. The number of thioether (sulfide) groups is 1. The zero-order valence-corrected chi connectivity index (χ0v) is 17.0. The molecule has 0 unspecified atom stereocenters. The predicted molar refractivity (Wildman–Crippen MR) is 110 cm³/mol. The summed E-state index contributed by atoms with van der Waals surface area (Å²) in [6.45, 7) is 3.20. The van der Waals surface area contributed by atoms with Gasteiger partial charge in [0.2, 0.25) is 5.91 Å². The Kier molecular flexibility index (Phi) is 5.89. The molecule has 1 aromatic carbocycles. The molecule has 0 radical (unpaired) electrons. The molecule has 1 N–H and O–H groups in total. The highest BCUT2D eigenvalue weighted by molar-refractivity contribution is 8.00. The minimum atomic E-state index is -0.282. The first-order chi connectivity index (χ1) is 13.6. The van der Waals surface area contributed by atoms with Gasteiger partial charge < -0.3 is 10.1 Å². The highest BCUT2D eigenvalue weighted by atomic mass is 32.2. The van der Waals surface area contributed by atoms with Gasteiger partial charge >= 0.3 is 0 Å². The van der Waals surface area contributed by atoms with Gasteiger partial charge in [-0.15, -0.1) is 11.3 Å². The van der Waals surface area contributed by atoms with E-state index in [0.717, 1.165) is 45.1 Å². The van der Waals surface area contributed by atoms with E-state index < -0.39 is 0 Å². The normalized spacial score (nSPS) is 17.7. The van der Waals surface area contributed by atoms with Crippen LogP contribution in [0.25, 0.3) is 20.7 Å². The zero-order valence-electron chi connectivity index (χ0n) is 15.4. The molecule has 146 valence electrons. The van der Waals surface area contributed by atoms with Gasteiger partial charge in [0.1, 0.15) is 17.2 Å². The number of rotatable bonds is 6. The minimum Gasteiger partial charge on any atom is -0.376 e. The van der Waals surface area contributed by atoms with Gasteiger partial charge in [0.05, 0.1) is 21.6 Å². The maximum Gasteiger partial charge on any atom is 0.233 e. The van der Waals surface area contributed by atoms with Gasteiger partial charge in [0.15, 0.2) is 0 Å². The quantitative estimate of drug-likeness (QED) is 0.479. The largest absolute Gasteiger partial charge is 0.376 e. The van der Waals surface area contributed by atoms with Gasteiger partial charge in [-0.1, -0.05) is 23.9 Å². The van der Waals surface area contributed by atoms with E-state index in [4.69, 9.17) is 4.74 Å². The molecule has 1 saturated heterocycles. The van der Waals surface area contributed by atoms with Crippen molar-refractivity contribution in [3.63, 3.8) is 0 Å². The number of nitrogens with zero attached hydrogens (tertiary/aromatic N) is 2. The van der Waals surface area contributed by atoms with E-state index in [9.17, 15) is 9.18 Å². The lowest BCUT2D eigenvalue weighted by molar-refractivity contribution is -0.120. The number of fused-ring (bicyclic) bond motifs is 1. The Morgan fingerprint density at radius 2 is 2.21 bits per heavy atom. The third-order valence-electron chi connectivity index (χ3n) is 4.59. The number of thiophene rings is 1. The number of hydrogen-bond acceptors (Lipinski definition) is 6. The molecule has 28 heavy (non-hydrogen) atoms. The van der Waals surface area contributed by atoms with E-state index in [1.165, 1.54) is 30.2 Å². The summed E-state index contributed by atoms with van der Waals surface area (Å²) in [6, 6.07) is 8.37. The average molecular weight is 418 g/mol. The topological polar surface area (TPSA) is 64.1 Å². The molecule has 1 amide bonds. The van der Waals surface area contributed by atoms with E-state index in [0.29, 0.717) is 6.54 Å². The number of benzene rings is 1. The van der Waals surface area contributed by atoms with Gasteiger partial charge in [0.25, 0.3) is 0 Å². The van der Waals surface area contributed by atoms with Gasteiger partial charge in [-0.25, -0.2) is 14.4 Å². The van der Waals surface area contributed by atoms with Crippen molar-refractivity contribution < 1.29 is 13.9 Å². The summed E-state index contributed by atoms with van der Waals surface area (Å²) in [5.41, 5.74) is 1.76. The molecule has 1 aliphatic heterocycles. The summed E-state index contributed by atoms with van der Waals surface area (Å²) in [6.07, 6.45) is 3.69. The number of carbonyl (C=O) groups is 1. The van der Waals surface area contributed by atoms with Crippen LogP contribution in [-0.4, -0.2) is 40.4 Å². The molecule has 4 rings (SSSR count). The van der Waals surface area contributed by atoms with Crippen LogP contribution in [-0.2, 0) is 9.53 Å². The third kappa shape index (κ3) is 4.34. The number of halogens is 1. The van der Waals surface area contributed by atoms with E-state index in [1.807, 2.05) is 13.0 Å². The molecule has 0 aliphatic carbocycles. The monoisotopic (exact) mass is 417 g/mol. The molecule has 5 nitrogen and oxygen atoms in total. The number of ether oxygens (including phenoxy) is 1. The summed E-state index contributed by atoms with van der Waals surface area (Å²) in [7, 11) is 0. The fourth-order valence-corrected chi connectivity index (χ4v) is 5.17. The predicted octanol–water partition coefficient (Wildman–Crippen LogP) is 4.27. The number of amides is 1. The highest BCUT2D eigenvalue weighted by Crippen LogP contribution is 2.38. The fourth-order valence-electron chi connectivity index (χ4n) is 3.06. The number of nitrogens with one attached hydrogen (secondary N) is 1. The molecule has 0 spiro atoms. The Bertz CT molecular complexity index is 971. The van der Waals surface area contributed by atoms with Crippen LogP contribution in [0.3, 0.4) is 0 Å². The maximum absolute atomic E-state index is 13.2. The summed E-state index contributed by atoms with van der Waals surface area (Å²) >= 11 is 2.97. The fraction of sp³-hybridized carbons (Fsp3) is 0.350. The molecule has 0 saturated carbocycles. The highest BCUT2D eigenvalue weighted by Gasteiger charge is 2.21. The van der Waals surface area contributed by atoms with Crippen LogP contribution in [0, 0.1) is 5.82 Å². The third-order valence-corrected chi connectivity index (χ3v) is 7.00. The van der Waals surface area contributed by atoms with Crippen molar-refractivity contribution in [2.24, 2.45) is 0 Å². The van der Waals surface area contributed by atoms with Crippen molar-refractivity contribution in [2.75, 3.05) is 13.2 Å². The molecule has 2 atom stereocenters. The summed E-state index contributed by atoms with van der Waals surface area (Å²) < 4.78 is 19.7. The zero-order chi connectivity index (χ0) is 19.5. The SMILES string of the molecule is C[C@H](Sc1ncnc2cc(-c3ccc(F)cc3)sc12)C(=O)NC[C@H]1CCCO1. The molecule has 3 heterocycles. The van der Waals surface area contributed by atoms with Crippen molar-refractivity contribution in [1.82, 2.24) is 15.3 Å². The van der Waals surface area contributed by atoms with Crippen LogP contribution >= 0.6 is 23.1 Å². The van der Waals surface area contributed by atoms with Crippen molar-refractivity contribution in [1.29, 1.82) is 0 Å². The van der Waals surface area contributed by atoms with Gasteiger partial charge in [0, 0.05) is 18.0 Å². The van der Waals surface area contributed by atoms with Crippen LogP contribution in [0.15, 0.2) is 41.7 Å². The Morgan fingerprint density at radius 1 is 1.39 bits per heavy atom. The van der Waals surface area contributed by atoms with Gasteiger partial charge in [-0.2, -0.15) is 0 Å². The average Bonchev–Trinajstić information content (AvgIpc) is 3.36. The molecular weight excluding hydrogens is 397 g/mol. The molecule has 2 aromatic heterocycles. The second kappa shape index (κ2) is 8.55. The second-order valence-corrected chi connectivity index (χ2v) is 9.03. The first kappa shape index (κ1) is 19.3. The van der Waals surface area contributed by atoms with Gasteiger partial charge in [-0.05, 0) is 43.5 Å². The summed E-state index contributed by atoms with van der Waals surface area (Å²) in [4.78, 5) is 22.2. The van der Waals surface area contributed by atoms with Crippen molar-refractivity contribution in [3.05, 3.63) is 42.5 Å². The minimum absolute atomic E-state index is 0.0254. The summed E-state index contributed by atoms with van der Waals surface area (Å²) in [5, 5.41) is 3.47. The molecule has 8 heteroatoms. The van der Waals surface area contributed by atoms with E-state index in [1.54, 1.807) is 23.5 Å². The molecule has 1 fully saturated rings. The second-order valence-electron chi connectivity index (χ2n) is 6.65. The van der Waals surface area contributed by atoms with Crippen molar-refractivity contribution in [3.8, 4) is 10.4 Å². The lowest BCUT2D eigenvalue weighted by Crippen LogP contribution is -2.36. The molecule has 3 aromatic rings. The van der Waals surface area contributed by atoms with Gasteiger partial charge in [-0.3, -0.25) is 4.79 Å². The number of carbonyl (C=O) groups excluding carboxylic acids is 1. The van der Waals surface area contributed by atoms with E-state index >= 15 is 0 Å². The summed E-state index contributed by atoms with van der Waals surface area (Å²) in [5.74, 6) is -0.286. The van der Waals surface area contributed by atoms with Crippen LogP contribution in [0.2, 0.25) is 0 Å². The Morgan fingerprint density at radius 3 is 2.96 bits per heavy atom. The van der Waals surface area contributed by atoms with E-state index in [2.05, 4.69) is 15.3 Å². The van der Waals surface area contributed by atoms with Crippen LogP contribution in [0.1, 0.15) is 19.8 Å². The standard InChI is InChI=1S/C20H20FN3O2S2/c1-12(19(25)22-10-15-3-2-8-26-15)27-20-18-16(23-11-24-20)9-17(28-18)13-4-6-14(21)7-5-13/h4-7,9,11-12,15H,2-3,8,10H2,1H3,(H,22,25)/t12-,15+/m0/s1. The van der Waals surface area contributed by atoms with Crippen LogP contribution in [0.5, 0.6) is 0 Å². The lowest BCUT2D eigenvalue weighted by Gasteiger charge is -2.14. The number of aromatic nitrogens is 2. The van der Waals surface area contributed by atoms with Crippen molar-refractivity contribution in [2.45, 2.75) is 36.1 Å². The van der Waals surface area contributed by atoms with Crippen molar-refractivity contribution >= 4 is 39.2 Å². The number of hydrogen-bond donors (Lipinski definition) is 1. The molecule has 0 bridgehead atoms. The lowest BCUT2D eigenvalue weighted by atomic mass is 10.2.